The molecule has 0 amide bonds. The van der Waals surface area contributed by atoms with Gasteiger partial charge in [-0.3, -0.25) is 0 Å². The van der Waals surface area contributed by atoms with E-state index >= 15 is 0 Å². The Morgan fingerprint density at radius 1 is 1.38 bits per heavy atom. The van der Waals surface area contributed by atoms with Crippen LogP contribution in [0.2, 0.25) is 0 Å². The van der Waals surface area contributed by atoms with Gasteiger partial charge in [-0.2, -0.15) is 0 Å². The summed E-state index contributed by atoms with van der Waals surface area (Å²) >= 11 is 0. The molecule has 0 unspecified atom stereocenters. The van der Waals surface area contributed by atoms with Crippen LogP contribution in [0, 0.1) is 18.6 Å². The van der Waals surface area contributed by atoms with E-state index in [4.69, 9.17) is 5.73 Å². The van der Waals surface area contributed by atoms with Crippen molar-refractivity contribution in [2.24, 2.45) is 5.73 Å². The zero-order valence-electron chi connectivity index (χ0n) is 7.62. The van der Waals surface area contributed by atoms with Crippen LogP contribution in [-0.2, 0) is 6.54 Å². The number of aryl methyl sites for hydroxylation is 1. The maximum Gasteiger partial charge on any atom is 0.182 e. The molecule has 72 valence electrons. The second kappa shape index (κ2) is 3.70. The Morgan fingerprint density at radius 3 is 2.46 bits per heavy atom. The van der Waals surface area contributed by atoms with Gasteiger partial charge in [0.15, 0.2) is 11.6 Å². The fourth-order valence-corrected chi connectivity index (χ4v) is 1.25. The second-order valence-corrected chi connectivity index (χ2v) is 2.81. The van der Waals surface area contributed by atoms with Crippen molar-refractivity contribution in [1.82, 2.24) is 0 Å². The van der Waals surface area contributed by atoms with Crippen molar-refractivity contribution in [3.63, 3.8) is 0 Å². The van der Waals surface area contributed by atoms with E-state index in [-0.39, 0.29) is 17.8 Å². The molecule has 4 heteroatoms. The van der Waals surface area contributed by atoms with Crippen LogP contribution in [0.5, 0.6) is 0 Å². The molecular weight excluding hydrogens is 174 g/mol. The highest BCUT2D eigenvalue weighted by molar-refractivity contribution is 5.54. The minimum atomic E-state index is -0.858. The molecule has 0 heterocycles. The average Bonchev–Trinajstić information content (AvgIpc) is 2.13. The molecule has 0 saturated carbocycles. The molecule has 0 aliphatic heterocycles. The number of nitrogens with two attached hydrogens (primary N) is 1. The number of hydrogen-bond donors (Lipinski definition) is 2. The van der Waals surface area contributed by atoms with E-state index < -0.39 is 11.6 Å². The molecule has 0 saturated heterocycles. The minimum absolute atomic E-state index is 0.144. The lowest BCUT2D eigenvalue weighted by molar-refractivity contribution is 0.504. The third kappa shape index (κ3) is 1.62. The van der Waals surface area contributed by atoms with Gasteiger partial charge >= 0.3 is 0 Å². The summed E-state index contributed by atoms with van der Waals surface area (Å²) in [6.45, 7) is 1.70. The molecule has 0 atom stereocenters. The lowest BCUT2D eigenvalue weighted by atomic mass is 10.1. The summed E-state index contributed by atoms with van der Waals surface area (Å²) in [6, 6.07) is 1.55. The Kier molecular flexibility index (Phi) is 2.83. The first-order chi connectivity index (χ1) is 6.11. The van der Waals surface area contributed by atoms with Crippen LogP contribution in [-0.4, -0.2) is 7.05 Å². The number of halogens is 2. The number of benzene rings is 1. The van der Waals surface area contributed by atoms with E-state index in [9.17, 15) is 8.78 Å². The summed E-state index contributed by atoms with van der Waals surface area (Å²) in [5.41, 5.74) is 6.39. The second-order valence-electron chi connectivity index (χ2n) is 2.81. The number of rotatable bonds is 2. The Balaban J connectivity index is 3.39. The van der Waals surface area contributed by atoms with Crippen LogP contribution in [0.1, 0.15) is 11.1 Å². The molecule has 1 aromatic carbocycles. The normalized spacial score (nSPS) is 10.2. The summed E-state index contributed by atoms with van der Waals surface area (Å²) in [5, 5.41) is 2.59. The van der Waals surface area contributed by atoms with Crippen molar-refractivity contribution in [3.05, 3.63) is 28.8 Å². The van der Waals surface area contributed by atoms with Gasteiger partial charge in [-0.15, -0.1) is 0 Å². The van der Waals surface area contributed by atoms with Gasteiger partial charge in [-0.25, -0.2) is 8.78 Å². The zero-order valence-corrected chi connectivity index (χ0v) is 7.62. The van der Waals surface area contributed by atoms with Crippen LogP contribution in [0.4, 0.5) is 14.5 Å². The molecule has 1 aromatic rings. The summed E-state index contributed by atoms with van der Waals surface area (Å²) in [7, 11) is 1.53. The Labute approximate surface area is 75.7 Å². The van der Waals surface area contributed by atoms with Gasteiger partial charge in [-0.1, -0.05) is 0 Å². The smallest absolute Gasteiger partial charge is 0.182 e. The summed E-state index contributed by atoms with van der Waals surface area (Å²) in [5.74, 6) is -1.68. The molecule has 13 heavy (non-hydrogen) atoms. The number of nitrogens with one attached hydrogen (secondary N) is 1. The monoisotopic (exact) mass is 186 g/mol. The lowest BCUT2D eigenvalue weighted by Gasteiger charge is -2.10. The van der Waals surface area contributed by atoms with Crippen LogP contribution >= 0.6 is 0 Å². The van der Waals surface area contributed by atoms with E-state index in [1.807, 2.05) is 0 Å². The third-order valence-electron chi connectivity index (χ3n) is 1.94. The number of anilines is 1. The van der Waals surface area contributed by atoms with E-state index in [0.717, 1.165) is 0 Å². The van der Waals surface area contributed by atoms with Gasteiger partial charge in [0, 0.05) is 13.6 Å². The standard InChI is InChI=1S/C9H12F2N2/c1-5-3-6(4-12)9(13-2)8(11)7(5)10/h3,13H,4,12H2,1-2H3. The fourth-order valence-electron chi connectivity index (χ4n) is 1.25. The van der Waals surface area contributed by atoms with Gasteiger partial charge in [0.2, 0.25) is 0 Å². The Morgan fingerprint density at radius 2 is 2.00 bits per heavy atom. The molecule has 0 aliphatic carbocycles. The maximum absolute atomic E-state index is 13.2. The molecule has 0 fully saturated rings. The van der Waals surface area contributed by atoms with Crippen LogP contribution in [0.25, 0.3) is 0 Å². The van der Waals surface area contributed by atoms with Gasteiger partial charge < -0.3 is 11.1 Å². The van der Waals surface area contributed by atoms with Crippen molar-refractivity contribution in [2.45, 2.75) is 13.5 Å². The molecule has 0 spiro atoms. The first-order valence-electron chi connectivity index (χ1n) is 3.97. The van der Waals surface area contributed by atoms with E-state index in [1.165, 1.54) is 14.0 Å². The molecule has 0 aromatic heterocycles. The van der Waals surface area contributed by atoms with Crippen LogP contribution < -0.4 is 11.1 Å². The predicted octanol–water partition coefficient (Wildman–Crippen LogP) is 1.77. The highest BCUT2D eigenvalue weighted by Gasteiger charge is 2.14. The summed E-state index contributed by atoms with van der Waals surface area (Å²) in [6.07, 6.45) is 0. The maximum atomic E-state index is 13.2. The van der Waals surface area contributed by atoms with E-state index in [2.05, 4.69) is 5.32 Å². The highest BCUT2D eigenvalue weighted by Crippen LogP contribution is 2.24. The first kappa shape index (κ1) is 9.92. The van der Waals surface area contributed by atoms with Crippen molar-refractivity contribution in [3.8, 4) is 0 Å². The average molecular weight is 186 g/mol. The van der Waals surface area contributed by atoms with Gasteiger partial charge in [-0.05, 0) is 24.1 Å². The highest BCUT2D eigenvalue weighted by atomic mass is 19.2. The summed E-state index contributed by atoms with van der Waals surface area (Å²) in [4.78, 5) is 0. The van der Waals surface area contributed by atoms with Crippen LogP contribution in [0.15, 0.2) is 6.07 Å². The van der Waals surface area contributed by atoms with Crippen molar-refractivity contribution >= 4 is 5.69 Å². The Hall–Kier alpha value is -1.16. The lowest BCUT2D eigenvalue weighted by Crippen LogP contribution is -2.07. The SMILES string of the molecule is CNc1c(CN)cc(C)c(F)c1F. The van der Waals surface area contributed by atoms with Crippen molar-refractivity contribution < 1.29 is 8.78 Å². The van der Waals surface area contributed by atoms with Gasteiger partial charge in [0.25, 0.3) is 0 Å². The Bertz CT molecular complexity index is 324. The van der Waals surface area contributed by atoms with E-state index in [0.29, 0.717) is 5.56 Å². The van der Waals surface area contributed by atoms with Gasteiger partial charge in [0.05, 0.1) is 5.69 Å². The first-order valence-corrected chi connectivity index (χ1v) is 3.97. The third-order valence-corrected chi connectivity index (χ3v) is 1.94. The molecule has 3 N–H and O–H groups in total. The molecule has 0 radical (unpaired) electrons. The molecule has 0 aliphatic rings. The molecule has 2 nitrogen and oxygen atoms in total. The summed E-state index contributed by atoms with van der Waals surface area (Å²) < 4.78 is 26.3. The van der Waals surface area contributed by atoms with Gasteiger partial charge in [0.1, 0.15) is 0 Å². The van der Waals surface area contributed by atoms with Crippen molar-refractivity contribution in [1.29, 1.82) is 0 Å². The zero-order chi connectivity index (χ0) is 10.0. The topological polar surface area (TPSA) is 38.0 Å². The minimum Gasteiger partial charge on any atom is -0.385 e. The fraction of sp³-hybridized carbons (Fsp3) is 0.333. The molecule has 1 rings (SSSR count). The largest absolute Gasteiger partial charge is 0.385 e. The number of hydrogen-bond acceptors (Lipinski definition) is 2. The van der Waals surface area contributed by atoms with Crippen LogP contribution in [0.3, 0.4) is 0 Å². The molecular formula is C9H12F2N2. The van der Waals surface area contributed by atoms with Crippen molar-refractivity contribution in [2.75, 3.05) is 12.4 Å². The van der Waals surface area contributed by atoms with E-state index in [1.54, 1.807) is 6.07 Å². The molecule has 0 bridgehead atoms. The predicted molar refractivity (Wildman–Crippen MR) is 48.5 cm³/mol. The quantitative estimate of drug-likeness (QED) is 0.738.